The molecule has 0 spiro atoms. The zero-order valence-corrected chi connectivity index (χ0v) is 10.7. The molecule has 0 aliphatic heterocycles. The molecule has 0 radical (unpaired) electrons. The summed E-state index contributed by atoms with van der Waals surface area (Å²) < 4.78 is 22.8. The topological polar surface area (TPSA) is 51.5 Å². The Morgan fingerprint density at radius 1 is 1.42 bits per heavy atom. The van der Waals surface area contributed by atoms with Gasteiger partial charge in [0.2, 0.25) is 0 Å². The van der Waals surface area contributed by atoms with Crippen molar-refractivity contribution in [2.24, 2.45) is 0 Å². The van der Waals surface area contributed by atoms with E-state index in [0.29, 0.717) is 17.9 Å². The molecule has 1 aromatic carbocycles. The molecule has 100 valence electrons. The summed E-state index contributed by atoms with van der Waals surface area (Å²) >= 11 is 0. The highest BCUT2D eigenvalue weighted by molar-refractivity contribution is 5.89. The summed E-state index contributed by atoms with van der Waals surface area (Å²) in [7, 11) is 1.31. The SMILES string of the molecule is COC(=O)c1coc(CNc2ccc(F)cc2C)c1. The van der Waals surface area contributed by atoms with Crippen LogP contribution in [0.1, 0.15) is 21.7 Å². The van der Waals surface area contributed by atoms with E-state index >= 15 is 0 Å². The summed E-state index contributed by atoms with van der Waals surface area (Å²) in [6, 6.07) is 6.11. The van der Waals surface area contributed by atoms with Crippen LogP contribution in [0.3, 0.4) is 0 Å². The van der Waals surface area contributed by atoms with Crippen molar-refractivity contribution in [2.75, 3.05) is 12.4 Å². The van der Waals surface area contributed by atoms with Gasteiger partial charge < -0.3 is 14.5 Å². The normalized spacial score (nSPS) is 10.3. The van der Waals surface area contributed by atoms with Crippen LogP contribution in [0, 0.1) is 12.7 Å². The van der Waals surface area contributed by atoms with Gasteiger partial charge in [-0.15, -0.1) is 0 Å². The summed E-state index contributed by atoms with van der Waals surface area (Å²) in [4.78, 5) is 11.2. The Morgan fingerprint density at radius 2 is 2.21 bits per heavy atom. The molecule has 0 aliphatic carbocycles. The Balaban J connectivity index is 2.02. The van der Waals surface area contributed by atoms with Crippen molar-refractivity contribution >= 4 is 11.7 Å². The highest BCUT2D eigenvalue weighted by Crippen LogP contribution is 2.17. The van der Waals surface area contributed by atoms with Gasteiger partial charge in [0, 0.05) is 5.69 Å². The molecule has 0 saturated carbocycles. The number of aryl methyl sites for hydroxylation is 1. The van der Waals surface area contributed by atoms with Crippen molar-refractivity contribution < 1.29 is 18.3 Å². The number of ether oxygens (including phenoxy) is 1. The zero-order valence-electron chi connectivity index (χ0n) is 10.7. The number of halogens is 1. The van der Waals surface area contributed by atoms with Crippen molar-refractivity contribution in [1.82, 2.24) is 0 Å². The van der Waals surface area contributed by atoms with Gasteiger partial charge in [0.1, 0.15) is 17.8 Å². The second-order valence-corrected chi connectivity index (χ2v) is 4.11. The molecule has 0 saturated heterocycles. The van der Waals surface area contributed by atoms with Crippen LogP contribution in [-0.4, -0.2) is 13.1 Å². The predicted molar refractivity (Wildman–Crippen MR) is 68.5 cm³/mol. The Kier molecular flexibility index (Phi) is 3.85. The zero-order chi connectivity index (χ0) is 13.8. The van der Waals surface area contributed by atoms with E-state index in [1.165, 1.54) is 25.5 Å². The Bertz CT molecular complexity index is 592. The van der Waals surface area contributed by atoms with Crippen molar-refractivity contribution in [2.45, 2.75) is 13.5 Å². The van der Waals surface area contributed by atoms with Crippen molar-refractivity contribution in [3.8, 4) is 0 Å². The third-order valence-electron chi connectivity index (χ3n) is 2.72. The van der Waals surface area contributed by atoms with Crippen LogP contribution >= 0.6 is 0 Å². The standard InChI is InChI=1S/C14H14FNO3/c1-9-5-11(15)3-4-13(9)16-7-12-6-10(8-19-12)14(17)18-2/h3-6,8,16H,7H2,1-2H3. The van der Waals surface area contributed by atoms with Crippen LogP contribution in [0.25, 0.3) is 0 Å². The highest BCUT2D eigenvalue weighted by atomic mass is 19.1. The number of carbonyl (C=O) groups excluding carboxylic acids is 1. The maximum atomic E-state index is 12.9. The number of rotatable bonds is 4. The van der Waals surface area contributed by atoms with Gasteiger partial charge in [-0.2, -0.15) is 0 Å². The first-order valence-electron chi connectivity index (χ1n) is 5.76. The summed E-state index contributed by atoms with van der Waals surface area (Å²) in [5, 5.41) is 3.11. The molecule has 2 rings (SSSR count). The predicted octanol–water partition coefficient (Wildman–Crippen LogP) is 3.13. The largest absolute Gasteiger partial charge is 0.467 e. The smallest absolute Gasteiger partial charge is 0.341 e. The molecule has 2 aromatic rings. The maximum Gasteiger partial charge on any atom is 0.341 e. The highest BCUT2D eigenvalue weighted by Gasteiger charge is 2.10. The number of methoxy groups -OCH3 is 1. The maximum absolute atomic E-state index is 12.9. The Morgan fingerprint density at radius 3 is 2.89 bits per heavy atom. The van der Waals surface area contributed by atoms with Gasteiger partial charge in [-0.1, -0.05) is 0 Å². The van der Waals surface area contributed by atoms with Gasteiger partial charge in [0.25, 0.3) is 0 Å². The average Bonchev–Trinajstić information content (AvgIpc) is 2.85. The van der Waals surface area contributed by atoms with E-state index in [4.69, 9.17) is 4.42 Å². The van der Waals surface area contributed by atoms with E-state index in [1.807, 2.05) is 6.92 Å². The molecule has 5 heteroatoms. The van der Waals surface area contributed by atoms with Crippen LogP contribution in [-0.2, 0) is 11.3 Å². The van der Waals surface area contributed by atoms with Crippen LogP contribution in [0.2, 0.25) is 0 Å². The van der Waals surface area contributed by atoms with Gasteiger partial charge in [-0.05, 0) is 36.8 Å². The molecule has 1 N–H and O–H groups in total. The number of benzene rings is 1. The summed E-state index contributed by atoms with van der Waals surface area (Å²) in [6.45, 7) is 2.22. The minimum Gasteiger partial charge on any atom is -0.467 e. The quantitative estimate of drug-likeness (QED) is 0.861. The number of anilines is 1. The third kappa shape index (κ3) is 3.13. The first-order valence-corrected chi connectivity index (χ1v) is 5.76. The van der Waals surface area contributed by atoms with Crippen molar-refractivity contribution in [1.29, 1.82) is 0 Å². The number of nitrogens with one attached hydrogen (secondary N) is 1. The molecular weight excluding hydrogens is 249 g/mol. The second kappa shape index (κ2) is 5.56. The van der Waals surface area contributed by atoms with Gasteiger partial charge in [-0.3, -0.25) is 0 Å². The van der Waals surface area contributed by atoms with Crippen LogP contribution in [0.4, 0.5) is 10.1 Å². The Hall–Kier alpha value is -2.30. The minimum absolute atomic E-state index is 0.269. The Labute approximate surface area is 110 Å². The summed E-state index contributed by atoms with van der Waals surface area (Å²) in [5.41, 5.74) is 1.99. The lowest BCUT2D eigenvalue weighted by Crippen LogP contribution is -2.01. The molecule has 1 heterocycles. The third-order valence-corrected chi connectivity index (χ3v) is 2.72. The van der Waals surface area contributed by atoms with Gasteiger partial charge in [0.15, 0.2) is 0 Å². The lowest BCUT2D eigenvalue weighted by molar-refractivity contribution is 0.0600. The van der Waals surface area contributed by atoms with Crippen LogP contribution in [0.15, 0.2) is 34.9 Å². The number of furan rings is 1. The molecule has 0 atom stereocenters. The fourth-order valence-electron chi connectivity index (χ4n) is 1.71. The monoisotopic (exact) mass is 263 g/mol. The molecule has 4 nitrogen and oxygen atoms in total. The molecule has 0 aliphatic rings. The average molecular weight is 263 g/mol. The van der Waals surface area contributed by atoms with E-state index in [9.17, 15) is 9.18 Å². The van der Waals surface area contributed by atoms with E-state index < -0.39 is 5.97 Å². The van der Waals surface area contributed by atoms with E-state index in [2.05, 4.69) is 10.1 Å². The first-order chi connectivity index (χ1) is 9.10. The second-order valence-electron chi connectivity index (χ2n) is 4.11. The van der Waals surface area contributed by atoms with Gasteiger partial charge in [0.05, 0.1) is 19.2 Å². The molecule has 0 fully saturated rings. The number of hydrogen-bond acceptors (Lipinski definition) is 4. The summed E-state index contributed by atoms with van der Waals surface area (Å²) in [6.07, 6.45) is 1.35. The molecule has 0 amide bonds. The van der Waals surface area contributed by atoms with Crippen molar-refractivity contribution in [3.05, 3.63) is 53.2 Å². The first kappa shape index (κ1) is 13.1. The molecule has 0 bridgehead atoms. The molecule has 1 aromatic heterocycles. The lowest BCUT2D eigenvalue weighted by atomic mass is 10.2. The fourth-order valence-corrected chi connectivity index (χ4v) is 1.71. The van der Waals surface area contributed by atoms with Gasteiger partial charge >= 0.3 is 5.97 Å². The van der Waals surface area contributed by atoms with Crippen molar-refractivity contribution in [3.63, 3.8) is 0 Å². The van der Waals surface area contributed by atoms with E-state index in [1.54, 1.807) is 12.1 Å². The van der Waals surface area contributed by atoms with Crippen LogP contribution in [0.5, 0.6) is 0 Å². The number of hydrogen-bond donors (Lipinski definition) is 1. The minimum atomic E-state index is -0.437. The lowest BCUT2D eigenvalue weighted by Gasteiger charge is -2.07. The summed E-state index contributed by atoms with van der Waals surface area (Å²) in [5.74, 6) is -0.105. The molecule has 19 heavy (non-hydrogen) atoms. The number of carbonyl (C=O) groups is 1. The van der Waals surface area contributed by atoms with E-state index in [-0.39, 0.29) is 5.82 Å². The van der Waals surface area contributed by atoms with Crippen LogP contribution < -0.4 is 5.32 Å². The van der Waals surface area contributed by atoms with Gasteiger partial charge in [-0.25, -0.2) is 9.18 Å². The molecule has 0 unspecified atom stereocenters. The number of esters is 1. The fraction of sp³-hybridized carbons (Fsp3) is 0.214. The van der Waals surface area contributed by atoms with E-state index in [0.717, 1.165) is 11.3 Å². The molecular formula is C14H14FNO3.